The minimum absolute atomic E-state index is 0.130. The van der Waals surface area contributed by atoms with Crippen LogP contribution in [0, 0.1) is 17.2 Å². The lowest BCUT2D eigenvalue weighted by Crippen LogP contribution is -2.52. The molecule has 1 saturated heterocycles. The molecule has 1 heterocycles. The summed E-state index contributed by atoms with van der Waals surface area (Å²) in [4.78, 5) is 25.2. The van der Waals surface area contributed by atoms with Crippen molar-refractivity contribution in [2.24, 2.45) is 11.7 Å². The van der Waals surface area contributed by atoms with Crippen molar-refractivity contribution in [1.29, 1.82) is 5.26 Å². The van der Waals surface area contributed by atoms with Gasteiger partial charge in [0.2, 0.25) is 5.91 Å². The lowest BCUT2D eigenvalue weighted by atomic mass is 9.87. The number of rotatable bonds is 6. The Bertz CT molecular complexity index is 493. The number of ether oxygens (including phenoxy) is 1. The van der Waals surface area contributed by atoms with Gasteiger partial charge < -0.3 is 15.4 Å². The second-order valence-electron chi connectivity index (χ2n) is 6.12. The highest BCUT2D eigenvalue weighted by atomic mass is 16.5. The Kier molecular flexibility index (Phi) is 6.57. The Labute approximate surface area is 131 Å². The van der Waals surface area contributed by atoms with Gasteiger partial charge in [0, 0.05) is 26.6 Å². The number of carbonyl (C=O) groups is 2. The Morgan fingerprint density at radius 2 is 2.18 bits per heavy atom. The molecule has 22 heavy (non-hydrogen) atoms. The molecular weight excluding hydrogens is 282 g/mol. The molecule has 2 N–H and O–H groups in total. The van der Waals surface area contributed by atoms with Gasteiger partial charge >= 0.3 is 0 Å². The number of nitriles is 1. The van der Waals surface area contributed by atoms with Crippen LogP contribution >= 0.6 is 0 Å². The van der Waals surface area contributed by atoms with Crippen molar-refractivity contribution in [2.45, 2.75) is 45.1 Å². The summed E-state index contributed by atoms with van der Waals surface area (Å²) in [5.74, 6) is -0.515. The highest BCUT2D eigenvalue weighted by Gasteiger charge is 2.38. The molecular formula is C16H25N3O3. The van der Waals surface area contributed by atoms with E-state index in [0.717, 1.165) is 12.8 Å². The Balaban J connectivity index is 2.86. The summed E-state index contributed by atoms with van der Waals surface area (Å²) in [7, 11) is 1.59. The molecule has 0 aliphatic carbocycles. The van der Waals surface area contributed by atoms with Gasteiger partial charge in [-0.2, -0.15) is 5.26 Å². The third kappa shape index (κ3) is 4.85. The third-order valence-electron chi connectivity index (χ3n) is 3.94. The van der Waals surface area contributed by atoms with E-state index in [4.69, 9.17) is 10.5 Å². The van der Waals surface area contributed by atoms with Crippen molar-refractivity contribution in [3.05, 3.63) is 11.6 Å². The van der Waals surface area contributed by atoms with Crippen LogP contribution in [0.3, 0.4) is 0 Å². The maximum Gasteiger partial charge on any atom is 0.264 e. The zero-order valence-corrected chi connectivity index (χ0v) is 13.6. The highest BCUT2D eigenvalue weighted by Crippen LogP contribution is 2.30. The van der Waals surface area contributed by atoms with E-state index in [0.29, 0.717) is 19.5 Å². The summed E-state index contributed by atoms with van der Waals surface area (Å²) in [5.41, 5.74) is 4.82. The Hall–Kier alpha value is -1.87. The average Bonchev–Trinajstić information content (AvgIpc) is 2.50. The van der Waals surface area contributed by atoms with Crippen molar-refractivity contribution >= 4 is 11.8 Å². The number of allylic oxidation sites excluding steroid dienone is 1. The molecule has 0 aromatic carbocycles. The van der Waals surface area contributed by atoms with E-state index >= 15 is 0 Å². The van der Waals surface area contributed by atoms with Crippen LogP contribution in [0.4, 0.5) is 0 Å². The first kappa shape index (κ1) is 18.2. The van der Waals surface area contributed by atoms with E-state index in [1.807, 2.05) is 19.9 Å². The first-order valence-corrected chi connectivity index (χ1v) is 7.58. The number of nitrogens with zero attached hydrogens (tertiary/aromatic N) is 2. The van der Waals surface area contributed by atoms with Crippen molar-refractivity contribution in [3.63, 3.8) is 0 Å². The van der Waals surface area contributed by atoms with Gasteiger partial charge in [-0.3, -0.25) is 9.59 Å². The SMILES string of the molecule is CO[C@@]1(CCC(N)=O)CCCN(C(=O)/C(C#N)=C/C(C)C)C1. The summed E-state index contributed by atoms with van der Waals surface area (Å²) in [6.45, 7) is 4.82. The van der Waals surface area contributed by atoms with Gasteiger partial charge in [0.05, 0.1) is 5.60 Å². The van der Waals surface area contributed by atoms with Crippen LogP contribution in [0.5, 0.6) is 0 Å². The molecule has 0 aromatic rings. The van der Waals surface area contributed by atoms with Gasteiger partial charge in [0.15, 0.2) is 0 Å². The predicted octanol–water partition coefficient (Wildman–Crippen LogP) is 1.37. The van der Waals surface area contributed by atoms with Crippen LogP contribution in [0.1, 0.15) is 39.5 Å². The normalized spacial score (nSPS) is 22.5. The first-order valence-electron chi connectivity index (χ1n) is 7.58. The van der Waals surface area contributed by atoms with E-state index in [-0.39, 0.29) is 29.7 Å². The van der Waals surface area contributed by atoms with Crippen molar-refractivity contribution in [1.82, 2.24) is 4.90 Å². The van der Waals surface area contributed by atoms with Gasteiger partial charge in [0.25, 0.3) is 5.91 Å². The highest BCUT2D eigenvalue weighted by molar-refractivity contribution is 5.97. The molecule has 2 amide bonds. The molecule has 0 radical (unpaired) electrons. The van der Waals surface area contributed by atoms with Gasteiger partial charge in [-0.05, 0) is 25.2 Å². The van der Waals surface area contributed by atoms with Crippen LogP contribution in [0.15, 0.2) is 11.6 Å². The van der Waals surface area contributed by atoms with Crippen molar-refractivity contribution in [3.8, 4) is 6.07 Å². The van der Waals surface area contributed by atoms with E-state index in [1.54, 1.807) is 18.1 Å². The topological polar surface area (TPSA) is 96.4 Å². The predicted molar refractivity (Wildman–Crippen MR) is 82.5 cm³/mol. The van der Waals surface area contributed by atoms with E-state index in [2.05, 4.69) is 0 Å². The van der Waals surface area contributed by atoms with Crippen molar-refractivity contribution < 1.29 is 14.3 Å². The molecule has 1 atom stereocenters. The van der Waals surface area contributed by atoms with Crippen LogP contribution in [0.25, 0.3) is 0 Å². The summed E-state index contributed by atoms with van der Waals surface area (Å²) in [5, 5.41) is 9.18. The molecule has 0 spiro atoms. The summed E-state index contributed by atoms with van der Waals surface area (Å²) in [6, 6.07) is 1.98. The maximum absolute atomic E-state index is 12.5. The van der Waals surface area contributed by atoms with Gasteiger partial charge in [0.1, 0.15) is 11.6 Å². The van der Waals surface area contributed by atoms with Gasteiger partial charge in [-0.1, -0.05) is 19.9 Å². The number of primary amides is 1. The quantitative estimate of drug-likeness (QED) is 0.592. The van der Waals surface area contributed by atoms with Crippen LogP contribution in [0.2, 0.25) is 0 Å². The number of nitrogens with two attached hydrogens (primary N) is 1. The molecule has 1 rings (SSSR count). The molecule has 0 aromatic heterocycles. The van der Waals surface area contributed by atoms with Crippen LogP contribution in [-0.4, -0.2) is 42.5 Å². The number of methoxy groups -OCH3 is 1. The molecule has 1 aliphatic heterocycles. The zero-order valence-electron chi connectivity index (χ0n) is 13.6. The number of hydrogen-bond acceptors (Lipinski definition) is 4. The smallest absolute Gasteiger partial charge is 0.264 e. The Morgan fingerprint density at radius 1 is 1.50 bits per heavy atom. The van der Waals surface area contributed by atoms with Gasteiger partial charge in [-0.25, -0.2) is 0 Å². The summed E-state index contributed by atoms with van der Waals surface area (Å²) < 4.78 is 5.60. The minimum atomic E-state index is -0.554. The molecule has 0 bridgehead atoms. The van der Waals surface area contributed by atoms with Crippen LogP contribution < -0.4 is 5.73 Å². The number of amides is 2. The lowest BCUT2D eigenvalue weighted by Gasteiger charge is -2.41. The molecule has 6 heteroatoms. The fraction of sp³-hybridized carbons (Fsp3) is 0.688. The zero-order chi connectivity index (χ0) is 16.8. The van der Waals surface area contributed by atoms with Gasteiger partial charge in [-0.15, -0.1) is 0 Å². The lowest BCUT2D eigenvalue weighted by molar-refractivity contribution is -0.137. The molecule has 1 fully saturated rings. The number of likely N-dealkylation sites (tertiary alicyclic amines) is 1. The average molecular weight is 307 g/mol. The molecule has 6 nitrogen and oxygen atoms in total. The second-order valence-corrected chi connectivity index (χ2v) is 6.12. The van der Waals surface area contributed by atoms with Crippen molar-refractivity contribution in [2.75, 3.05) is 20.2 Å². The van der Waals surface area contributed by atoms with E-state index < -0.39 is 5.60 Å². The fourth-order valence-corrected chi connectivity index (χ4v) is 2.76. The number of piperidine rings is 1. The minimum Gasteiger partial charge on any atom is -0.376 e. The largest absolute Gasteiger partial charge is 0.376 e. The van der Waals surface area contributed by atoms with E-state index in [9.17, 15) is 14.9 Å². The Morgan fingerprint density at radius 3 is 2.68 bits per heavy atom. The first-order chi connectivity index (χ1) is 10.3. The fourth-order valence-electron chi connectivity index (χ4n) is 2.76. The molecule has 122 valence electrons. The third-order valence-corrected chi connectivity index (χ3v) is 3.94. The number of carbonyl (C=O) groups excluding carboxylic acids is 2. The molecule has 1 aliphatic rings. The summed E-state index contributed by atoms with van der Waals surface area (Å²) >= 11 is 0. The summed E-state index contributed by atoms with van der Waals surface area (Å²) in [6.07, 6.45) is 3.94. The molecule has 0 saturated carbocycles. The molecule has 0 unspecified atom stereocenters. The van der Waals surface area contributed by atoms with Crippen LogP contribution in [-0.2, 0) is 14.3 Å². The maximum atomic E-state index is 12.5. The van der Waals surface area contributed by atoms with E-state index in [1.165, 1.54) is 0 Å². The second kappa shape index (κ2) is 7.95. The standard InChI is InChI=1S/C16H25N3O3/c1-12(2)9-13(10-17)15(21)19-8-4-6-16(11-19,22-3)7-5-14(18)20/h9,12H,4-8,11H2,1-3H3,(H2,18,20)/b13-9+/t16-/m1/s1. The monoisotopic (exact) mass is 307 g/mol. The number of hydrogen-bond donors (Lipinski definition) is 1.